The SMILES string of the molecule is CN1CCC(C(CNC2CC2)C(=O)O)CC1. The van der Waals surface area contributed by atoms with Crippen molar-refractivity contribution in [2.24, 2.45) is 11.8 Å². The van der Waals surface area contributed by atoms with E-state index in [9.17, 15) is 9.90 Å². The van der Waals surface area contributed by atoms with E-state index < -0.39 is 5.97 Å². The molecule has 2 aliphatic rings. The first-order valence-electron chi connectivity index (χ1n) is 6.31. The fraction of sp³-hybridized carbons (Fsp3) is 0.917. The second-order valence-electron chi connectivity index (χ2n) is 5.27. The largest absolute Gasteiger partial charge is 0.481 e. The molecule has 4 nitrogen and oxygen atoms in total. The van der Waals surface area contributed by atoms with Crippen molar-refractivity contribution in [3.63, 3.8) is 0 Å². The Morgan fingerprint density at radius 3 is 2.50 bits per heavy atom. The number of nitrogens with one attached hydrogen (secondary N) is 1. The van der Waals surface area contributed by atoms with Crippen LogP contribution in [-0.4, -0.2) is 48.7 Å². The van der Waals surface area contributed by atoms with Gasteiger partial charge in [-0.05, 0) is 51.7 Å². The Kier molecular flexibility index (Phi) is 3.82. The number of piperidine rings is 1. The van der Waals surface area contributed by atoms with Gasteiger partial charge in [0, 0.05) is 12.6 Å². The zero-order valence-electron chi connectivity index (χ0n) is 9.98. The lowest BCUT2D eigenvalue weighted by atomic mass is 9.84. The molecular weight excluding hydrogens is 204 g/mol. The summed E-state index contributed by atoms with van der Waals surface area (Å²) < 4.78 is 0. The first kappa shape index (κ1) is 11.9. The normalized spacial score (nSPS) is 25.6. The first-order valence-corrected chi connectivity index (χ1v) is 6.31. The highest BCUT2D eigenvalue weighted by molar-refractivity contribution is 5.70. The van der Waals surface area contributed by atoms with Gasteiger partial charge in [0.05, 0.1) is 5.92 Å². The summed E-state index contributed by atoms with van der Waals surface area (Å²) in [5.74, 6) is -0.447. The Balaban J connectivity index is 1.82. The summed E-state index contributed by atoms with van der Waals surface area (Å²) in [7, 11) is 2.11. The molecule has 1 aliphatic carbocycles. The van der Waals surface area contributed by atoms with E-state index in [1.165, 1.54) is 12.8 Å². The van der Waals surface area contributed by atoms with Crippen LogP contribution in [0.4, 0.5) is 0 Å². The van der Waals surface area contributed by atoms with Crippen LogP contribution in [0.2, 0.25) is 0 Å². The van der Waals surface area contributed by atoms with E-state index in [2.05, 4.69) is 17.3 Å². The zero-order chi connectivity index (χ0) is 11.5. The third-order valence-corrected chi connectivity index (χ3v) is 3.85. The molecule has 16 heavy (non-hydrogen) atoms. The fourth-order valence-corrected chi connectivity index (χ4v) is 2.47. The zero-order valence-corrected chi connectivity index (χ0v) is 9.98. The molecule has 0 amide bonds. The Morgan fingerprint density at radius 2 is 2.00 bits per heavy atom. The van der Waals surface area contributed by atoms with E-state index in [1.807, 2.05) is 0 Å². The molecule has 0 aromatic rings. The van der Waals surface area contributed by atoms with Crippen molar-refractivity contribution in [3.05, 3.63) is 0 Å². The minimum atomic E-state index is -0.622. The predicted octanol–water partition coefficient (Wildman–Crippen LogP) is 0.781. The van der Waals surface area contributed by atoms with Gasteiger partial charge in [-0.1, -0.05) is 0 Å². The number of carbonyl (C=O) groups is 1. The van der Waals surface area contributed by atoms with Gasteiger partial charge < -0.3 is 15.3 Å². The molecule has 1 aliphatic heterocycles. The van der Waals surface area contributed by atoms with Gasteiger partial charge in [-0.3, -0.25) is 4.79 Å². The molecule has 0 aromatic carbocycles. The highest BCUT2D eigenvalue weighted by Crippen LogP contribution is 2.26. The number of hydrogen-bond donors (Lipinski definition) is 2. The predicted molar refractivity (Wildman–Crippen MR) is 62.4 cm³/mol. The molecule has 0 aromatic heterocycles. The summed E-state index contributed by atoms with van der Waals surface area (Å²) in [6, 6.07) is 0.605. The number of nitrogens with zero attached hydrogens (tertiary/aromatic N) is 1. The van der Waals surface area contributed by atoms with Crippen molar-refractivity contribution in [2.45, 2.75) is 31.7 Å². The molecule has 92 valence electrons. The van der Waals surface area contributed by atoms with E-state index in [0.717, 1.165) is 25.9 Å². The Hall–Kier alpha value is -0.610. The Morgan fingerprint density at radius 1 is 1.38 bits per heavy atom. The average Bonchev–Trinajstić information content (AvgIpc) is 3.04. The van der Waals surface area contributed by atoms with E-state index in [4.69, 9.17) is 0 Å². The monoisotopic (exact) mass is 226 g/mol. The third kappa shape index (κ3) is 3.19. The van der Waals surface area contributed by atoms with Crippen LogP contribution in [-0.2, 0) is 4.79 Å². The molecule has 1 saturated carbocycles. The van der Waals surface area contributed by atoms with Crippen LogP contribution in [0.5, 0.6) is 0 Å². The maximum absolute atomic E-state index is 11.3. The summed E-state index contributed by atoms with van der Waals surface area (Å²) in [5, 5.41) is 12.6. The molecule has 1 saturated heterocycles. The number of rotatable bonds is 5. The maximum atomic E-state index is 11.3. The van der Waals surface area contributed by atoms with E-state index in [0.29, 0.717) is 18.5 Å². The van der Waals surface area contributed by atoms with Gasteiger partial charge in [-0.15, -0.1) is 0 Å². The molecule has 1 unspecified atom stereocenters. The highest BCUT2D eigenvalue weighted by Gasteiger charge is 2.32. The van der Waals surface area contributed by atoms with Crippen molar-refractivity contribution in [1.29, 1.82) is 0 Å². The van der Waals surface area contributed by atoms with Crippen molar-refractivity contribution >= 4 is 5.97 Å². The van der Waals surface area contributed by atoms with Gasteiger partial charge in [-0.25, -0.2) is 0 Å². The Labute approximate surface area is 97.0 Å². The molecule has 1 heterocycles. The van der Waals surface area contributed by atoms with Crippen LogP contribution in [0.1, 0.15) is 25.7 Å². The minimum Gasteiger partial charge on any atom is -0.481 e. The Bertz CT molecular complexity index is 245. The number of likely N-dealkylation sites (tertiary alicyclic amines) is 1. The van der Waals surface area contributed by atoms with Crippen LogP contribution < -0.4 is 5.32 Å². The number of carboxylic acids is 1. The lowest BCUT2D eigenvalue weighted by molar-refractivity contribution is -0.144. The third-order valence-electron chi connectivity index (χ3n) is 3.85. The maximum Gasteiger partial charge on any atom is 0.308 e. The molecular formula is C12H22N2O2. The van der Waals surface area contributed by atoms with Crippen molar-refractivity contribution in [3.8, 4) is 0 Å². The fourth-order valence-electron chi connectivity index (χ4n) is 2.47. The minimum absolute atomic E-state index is 0.186. The van der Waals surface area contributed by atoms with E-state index >= 15 is 0 Å². The summed E-state index contributed by atoms with van der Waals surface area (Å²) in [5.41, 5.74) is 0. The van der Waals surface area contributed by atoms with Crippen LogP contribution in [0, 0.1) is 11.8 Å². The summed E-state index contributed by atoms with van der Waals surface area (Å²) >= 11 is 0. The lowest BCUT2D eigenvalue weighted by Gasteiger charge is -2.32. The van der Waals surface area contributed by atoms with Gasteiger partial charge >= 0.3 is 5.97 Å². The van der Waals surface area contributed by atoms with Gasteiger partial charge in [0.25, 0.3) is 0 Å². The molecule has 0 radical (unpaired) electrons. The highest BCUT2D eigenvalue weighted by atomic mass is 16.4. The first-order chi connectivity index (χ1) is 7.66. The number of carboxylic acid groups (broad SMARTS) is 1. The average molecular weight is 226 g/mol. The standard InChI is InChI=1S/C12H22N2O2/c1-14-6-4-9(5-7-14)11(12(15)16)8-13-10-2-3-10/h9-11,13H,2-8H2,1H3,(H,15,16). The van der Waals surface area contributed by atoms with Crippen LogP contribution in [0.15, 0.2) is 0 Å². The van der Waals surface area contributed by atoms with E-state index in [1.54, 1.807) is 0 Å². The van der Waals surface area contributed by atoms with Gasteiger partial charge in [0.2, 0.25) is 0 Å². The molecule has 0 spiro atoms. The molecule has 1 atom stereocenters. The molecule has 0 bridgehead atoms. The second-order valence-corrected chi connectivity index (χ2v) is 5.27. The number of hydrogen-bond acceptors (Lipinski definition) is 3. The van der Waals surface area contributed by atoms with Gasteiger partial charge in [-0.2, -0.15) is 0 Å². The van der Waals surface area contributed by atoms with Gasteiger partial charge in [0.15, 0.2) is 0 Å². The molecule has 2 fully saturated rings. The van der Waals surface area contributed by atoms with Crippen molar-refractivity contribution < 1.29 is 9.90 Å². The summed E-state index contributed by atoms with van der Waals surface area (Å²) in [6.07, 6.45) is 4.50. The van der Waals surface area contributed by atoms with Crippen molar-refractivity contribution in [2.75, 3.05) is 26.7 Å². The topological polar surface area (TPSA) is 52.6 Å². The summed E-state index contributed by atoms with van der Waals surface area (Å²) in [4.78, 5) is 13.5. The van der Waals surface area contributed by atoms with Crippen LogP contribution in [0.3, 0.4) is 0 Å². The summed E-state index contributed by atoms with van der Waals surface area (Å²) in [6.45, 7) is 2.74. The molecule has 2 rings (SSSR count). The van der Waals surface area contributed by atoms with Crippen LogP contribution in [0.25, 0.3) is 0 Å². The van der Waals surface area contributed by atoms with Gasteiger partial charge in [0.1, 0.15) is 0 Å². The molecule has 2 N–H and O–H groups in total. The quantitative estimate of drug-likeness (QED) is 0.727. The second kappa shape index (κ2) is 5.15. The smallest absolute Gasteiger partial charge is 0.308 e. The van der Waals surface area contributed by atoms with Crippen LogP contribution >= 0.6 is 0 Å². The lowest BCUT2D eigenvalue weighted by Crippen LogP contribution is -2.40. The number of aliphatic carboxylic acids is 1. The van der Waals surface area contributed by atoms with E-state index in [-0.39, 0.29) is 5.92 Å². The molecule has 4 heteroatoms. The van der Waals surface area contributed by atoms with Crippen molar-refractivity contribution in [1.82, 2.24) is 10.2 Å².